The largest absolute Gasteiger partial charge is 0.480 e. The van der Waals surface area contributed by atoms with Gasteiger partial charge in [-0.3, -0.25) is 0 Å². The number of benzene rings is 1. The van der Waals surface area contributed by atoms with Crippen LogP contribution in [0.4, 0.5) is 13.2 Å². The first-order valence-electron chi connectivity index (χ1n) is 6.57. The summed E-state index contributed by atoms with van der Waals surface area (Å²) < 4.78 is 45.7. The summed E-state index contributed by atoms with van der Waals surface area (Å²) in [6, 6.07) is 1.97. The van der Waals surface area contributed by atoms with Crippen LogP contribution in [-0.4, -0.2) is 18.1 Å². The van der Waals surface area contributed by atoms with E-state index in [-0.39, 0.29) is 11.7 Å². The minimum absolute atomic E-state index is 0.115. The molecule has 21 heavy (non-hydrogen) atoms. The van der Waals surface area contributed by atoms with Crippen LogP contribution in [0.3, 0.4) is 0 Å². The summed E-state index contributed by atoms with van der Waals surface area (Å²) in [5, 5.41) is 5.71. The smallest absolute Gasteiger partial charge is 0.203 e. The molecule has 112 valence electrons. The summed E-state index contributed by atoms with van der Waals surface area (Å²) in [5.41, 5.74) is 0. The predicted molar refractivity (Wildman–Crippen MR) is 72.8 cm³/mol. The summed E-state index contributed by atoms with van der Waals surface area (Å²) in [5.74, 6) is -4.23. The van der Waals surface area contributed by atoms with Crippen molar-refractivity contribution < 1.29 is 17.9 Å². The van der Waals surface area contributed by atoms with E-state index in [0.717, 1.165) is 31.6 Å². The Bertz CT molecular complexity index is 615. The van der Waals surface area contributed by atoms with Crippen LogP contribution in [0.15, 0.2) is 23.7 Å². The van der Waals surface area contributed by atoms with Crippen LogP contribution in [-0.2, 0) is 0 Å². The normalized spacial score (nSPS) is 19.7. The van der Waals surface area contributed by atoms with Gasteiger partial charge in [-0.25, -0.2) is 13.8 Å². The Balaban J connectivity index is 1.90. The summed E-state index contributed by atoms with van der Waals surface area (Å²) in [6.07, 6.45) is 2.02. The number of ether oxygens (including phenoxy) is 1. The first-order chi connectivity index (χ1) is 10.2. The van der Waals surface area contributed by atoms with Crippen molar-refractivity contribution >= 4 is 11.3 Å². The van der Waals surface area contributed by atoms with E-state index >= 15 is 0 Å². The van der Waals surface area contributed by atoms with Crippen LogP contribution in [0.2, 0.25) is 0 Å². The molecule has 0 aliphatic carbocycles. The van der Waals surface area contributed by atoms with Gasteiger partial charge in [0.05, 0.1) is 0 Å². The fourth-order valence-electron chi connectivity index (χ4n) is 2.39. The number of thiazole rings is 1. The molecule has 2 aromatic rings. The maximum Gasteiger partial charge on any atom is 0.203 e. The van der Waals surface area contributed by atoms with Gasteiger partial charge in [-0.1, -0.05) is 0 Å². The van der Waals surface area contributed by atoms with Gasteiger partial charge in [-0.05, 0) is 25.1 Å². The molecule has 1 saturated heterocycles. The zero-order chi connectivity index (χ0) is 14.8. The van der Waals surface area contributed by atoms with Crippen LogP contribution in [0.1, 0.15) is 17.5 Å². The van der Waals surface area contributed by atoms with Crippen molar-refractivity contribution in [2.45, 2.75) is 12.5 Å². The van der Waals surface area contributed by atoms with Crippen molar-refractivity contribution in [3.63, 3.8) is 0 Å². The molecule has 0 amide bonds. The predicted octanol–water partition coefficient (Wildman–Crippen LogP) is 3.29. The van der Waals surface area contributed by atoms with E-state index in [9.17, 15) is 13.2 Å². The first-order valence-corrected chi connectivity index (χ1v) is 7.45. The second-order valence-electron chi connectivity index (χ2n) is 4.84. The Labute approximate surface area is 123 Å². The molecule has 7 heteroatoms. The summed E-state index contributed by atoms with van der Waals surface area (Å²) in [4.78, 5) is 4.20. The van der Waals surface area contributed by atoms with Crippen molar-refractivity contribution in [2.24, 2.45) is 5.92 Å². The number of nitrogens with one attached hydrogen (secondary N) is 1. The maximum atomic E-state index is 13.8. The molecule has 0 radical (unpaired) electrons. The Morgan fingerprint density at radius 2 is 2.14 bits per heavy atom. The monoisotopic (exact) mass is 314 g/mol. The quantitative estimate of drug-likeness (QED) is 0.879. The molecule has 1 N–H and O–H groups in total. The minimum atomic E-state index is -1.52. The van der Waals surface area contributed by atoms with Crippen molar-refractivity contribution in [2.75, 3.05) is 13.1 Å². The van der Waals surface area contributed by atoms with Crippen LogP contribution < -0.4 is 10.1 Å². The molecule has 1 aliphatic heterocycles. The highest BCUT2D eigenvalue weighted by atomic mass is 32.1. The van der Waals surface area contributed by atoms with E-state index in [1.165, 1.54) is 11.3 Å². The van der Waals surface area contributed by atoms with Gasteiger partial charge in [-0.15, -0.1) is 11.3 Å². The molecule has 0 bridgehead atoms. The molecule has 3 rings (SSSR count). The van der Waals surface area contributed by atoms with Gasteiger partial charge in [0, 0.05) is 24.0 Å². The highest BCUT2D eigenvalue weighted by Crippen LogP contribution is 2.34. The van der Waals surface area contributed by atoms with Gasteiger partial charge in [0.2, 0.25) is 5.82 Å². The van der Waals surface area contributed by atoms with Gasteiger partial charge < -0.3 is 10.1 Å². The lowest BCUT2D eigenvalue weighted by molar-refractivity contribution is 0.136. The summed E-state index contributed by atoms with van der Waals surface area (Å²) in [6.45, 7) is 1.56. The van der Waals surface area contributed by atoms with E-state index in [4.69, 9.17) is 4.74 Å². The van der Waals surface area contributed by atoms with Gasteiger partial charge in [0.1, 0.15) is 5.01 Å². The fourth-order valence-corrected chi connectivity index (χ4v) is 3.15. The average Bonchev–Trinajstić information content (AvgIpc) is 3.17. The molecular formula is C14H13F3N2OS. The number of rotatable bonds is 4. The number of halogens is 3. The van der Waals surface area contributed by atoms with Gasteiger partial charge in [-0.2, -0.15) is 4.39 Å². The molecule has 1 fully saturated rings. The second-order valence-corrected chi connectivity index (χ2v) is 5.76. The molecule has 2 atom stereocenters. The van der Waals surface area contributed by atoms with Crippen LogP contribution >= 0.6 is 11.3 Å². The molecule has 1 aromatic carbocycles. The van der Waals surface area contributed by atoms with E-state index in [2.05, 4.69) is 10.3 Å². The lowest BCUT2D eigenvalue weighted by Crippen LogP contribution is -2.21. The number of hydrogen-bond acceptors (Lipinski definition) is 4. The molecular weight excluding hydrogens is 301 g/mol. The highest BCUT2D eigenvalue weighted by Gasteiger charge is 2.31. The SMILES string of the molecule is Fc1ccc(O[C@@H](c2nccs2)[C@H]2CCNC2)c(F)c1F. The number of nitrogens with zero attached hydrogens (tertiary/aromatic N) is 1. The topological polar surface area (TPSA) is 34.1 Å². The summed E-state index contributed by atoms with van der Waals surface area (Å²) in [7, 11) is 0. The summed E-state index contributed by atoms with van der Waals surface area (Å²) >= 11 is 1.40. The Morgan fingerprint density at radius 3 is 2.81 bits per heavy atom. The molecule has 1 aromatic heterocycles. The Morgan fingerprint density at radius 1 is 1.29 bits per heavy atom. The van der Waals surface area contributed by atoms with Crippen molar-refractivity contribution in [1.29, 1.82) is 0 Å². The van der Waals surface area contributed by atoms with Gasteiger partial charge in [0.25, 0.3) is 0 Å². The molecule has 0 unspecified atom stereocenters. The van der Waals surface area contributed by atoms with Crippen molar-refractivity contribution in [3.05, 3.63) is 46.2 Å². The van der Waals surface area contributed by atoms with E-state index in [1.807, 2.05) is 0 Å². The third kappa shape index (κ3) is 2.89. The molecule has 0 saturated carbocycles. The lowest BCUT2D eigenvalue weighted by Gasteiger charge is -2.22. The van der Waals surface area contributed by atoms with E-state index in [0.29, 0.717) is 5.01 Å². The molecule has 0 spiro atoms. The average molecular weight is 314 g/mol. The fraction of sp³-hybridized carbons (Fsp3) is 0.357. The van der Waals surface area contributed by atoms with Crippen LogP contribution in [0.25, 0.3) is 0 Å². The van der Waals surface area contributed by atoms with Gasteiger partial charge >= 0.3 is 0 Å². The zero-order valence-electron chi connectivity index (χ0n) is 11.0. The highest BCUT2D eigenvalue weighted by molar-refractivity contribution is 7.09. The van der Waals surface area contributed by atoms with Crippen molar-refractivity contribution in [1.82, 2.24) is 10.3 Å². The third-order valence-corrected chi connectivity index (χ3v) is 4.31. The first kappa shape index (κ1) is 14.3. The second kappa shape index (κ2) is 6.03. The number of hydrogen-bond donors (Lipinski definition) is 1. The standard InChI is InChI=1S/C14H13F3N2OS/c15-9-1-2-10(12(17)11(9)16)20-13(8-3-4-18-7-8)14-19-5-6-21-14/h1-2,5-6,8,13,18H,3-4,7H2/t8-,13+/m0/s1. The van der Waals surface area contributed by atoms with Crippen molar-refractivity contribution in [3.8, 4) is 5.75 Å². The van der Waals surface area contributed by atoms with Crippen LogP contribution in [0, 0.1) is 23.4 Å². The third-order valence-electron chi connectivity index (χ3n) is 3.48. The molecule has 1 aliphatic rings. The maximum absolute atomic E-state index is 13.8. The number of aromatic nitrogens is 1. The molecule has 3 nitrogen and oxygen atoms in total. The van der Waals surface area contributed by atoms with Gasteiger partial charge in [0.15, 0.2) is 23.5 Å². The minimum Gasteiger partial charge on any atom is -0.480 e. The lowest BCUT2D eigenvalue weighted by atomic mass is 10.0. The van der Waals surface area contributed by atoms with E-state index < -0.39 is 23.6 Å². The van der Waals surface area contributed by atoms with Crippen LogP contribution in [0.5, 0.6) is 5.75 Å². The van der Waals surface area contributed by atoms with E-state index in [1.54, 1.807) is 11.6 Å². The Kier molecular flexibility index (Phi) is 4.12. The zero-order valence-corrected chi connectivity index (χ0v) is 11.8. The Hall–Kier alpha value is -1.60. The molecule has 2 heterocycles.